The highest BCUT2D eigenvalue weighted by atomic mass is 35.5. The van der Waals surface area contributed by atoms with Gasteiger partial charge < -0.3 is 5.32 Å². The van der Waals surface area contributed by atoms with Gasteiger partial charge >= 0.3 is 0 Å². The molecule has 2 rings (SSSR count). The van der Waals surface area contributed by atoms with Gasteiger partial charge in [0, 0.05) is 39.3 Å². The molecule has 0 saturated carbocycles. The number of nitrogens with one attached hydrogen (secondary N) is 2. The maximum Gasteiger partial charge on any atom is 0.240 e. The summed E-state index contributed by atoms with van der Waals surface area (Å²) in [5, 5.41) is 3.27. The van der Waals surface area contributed by atoms with Crippen molar-refractivity contribution < 1.29 is 8.42 Å². The zero-order valence-electron chi connectivity index (χ0n) is 12.0. The van der Waals surface area contributed by atoms with Crippen LogP contribution >= 0.6 is 24.8 Å². The lowest BCUT2D eigenvalue weighted by Crippen LogP contribution is -2.46. The van der Waals surface area contributed by atoms with Gasteiger partial charge in [0.1, 0.15) is 0 Å². The Hall–Kier alpha value is -0.370. The van der Waals surface area contributed by atoms with Crippen LogP contribution in [-0.2, 0) is 10.0 Å². The summed E-state index contributed by atoms with van der Waals surface area (Å²) in [6.45, 7) is 7.06. The molecule has 2 N–H and O–H groups in total. The molecule has 1 saturated heterocycles. The molecule has 0 radical (unpaired) electrons. The minimum Gasteiger partial charge on any atom is -0.314 e. The molecule has 1 aliphatic heterocycles. The highest BCUT2D eigenvalue weighted by Gasteiger charge is 2.14. The molecular weight excluding hydrogens is 333 g/mol. The van der Waals surface area contributed by atoms with Crippen molar-refractivity contribution in [2.75, 3.05) is 39.3 Å². The second-order valence-corrected chi connectivity index (χ2v) is 6.57. The van der Waals surface area contributed by atoms with E-state index in [2.05, 4.69) is 14.9 Å². The number of hydrogen-bond acceptors (Lipinski definition) is 4. The smallest absolute Gasteiger partial charge is 0.240 e. The van der Waals surface area contributed by atoms with Crippen molar-refractivity contribution in [2.45, 2.75) is 11.8 Å². The van der Waals surface area contributed by atoms with Crippen molar-refractivity contribution in [3.63, 3.8) is 0 Å². The molecule has 1 heterocycles. The summed E-state index contributed by atoms with van der Waals surface area (Å²) >= 11 is 0. The summed E-state index contributed by atoms with van der Waals surface area (Å²) in [5.74, 6) is 0. The van der Waals surface area contributed by atoms with E-state index in [1.54, 1.807) is 12.1 Å². The highest BCUT2D eigenvalue weighted by molar-refractivity contribution is 7.89. The Morgan fingerprint density at radius 2 is 1.71 bits per heavy atom. The summed E-state index contributed by atoms with van der Waals surface area (Å²) in [6.07, 6.45) is 0. The van der Waals surface area contributed by atoms with Gasteiger partial charge in [-0.25, -0.2) is 13.1 Å². The standard InChI is InChI=1S/C13H21N3O2S.2ClH/c1-12-2-4-13(5-3-12)19(17,18)15-8-11-16-9-6-14-7-10-16;;/h2-5,14-15H,6-11H2,1H3;2*1H. The van der Waals surface area contributed by atoms with E-state index in [1.807, 2.05) is 19.1 Å². The summed E-state index contributed by atoms with van der Waals surface area (Å²) < 4.78 is 26.7. The summed E-state index contributed by atoms with van der Waals surface area (Å²) in [6, 6.07) is 6.90. The van der Waals surface area contributed by atoms with Crippen LogP contribution in [0.1, 0.15) is 5.56 Å². The third-order valence-corrected chi connectivity index (χ3v) is 4.74. The fraction of sp³-hybridized carbons (Fsp3) is 0.538. The minimum absolute atomic E-state index is 0. The predicted octanol–water partition coefficient (Wildman–Crippen LogP) is 1.02. The van der Waals surface area contributed by atoms with Crippen LogP contribution in [0.15, 0.2) is 29.2 Å². The van der Waals surface area contributed by atoms with Crippen LogP contribution in [0.5, 0.6) is 0 Å². The van der Waals surface area contributed by atoms with Crippen molar-refractivity contribution in [2.24, 2.45) is 0 Å². The quantitative estimate of drug-likeness (QED) is 0.827. The van der Waals surface area contributed by atoms with Gasteiger partial charge in [0.05, 0.1) is 4.90 Å². The number of nitrogens with zero attached hydrogens (tertiary/aromatic N) is 1. The fourth-order valence-corrected chi connectivity index (χ4v) is 3.09. The van der Waals surface area contributed by atoms with E-state index in [0.29, 0.717) is 11.4 Å². The van der Waals surface area contributed by atoms with E-state index in [-0.39, 0.29) is 24.8 Å². The van der Waals surface area contributed by atoms with E-state index in [1.165, 1.54) is 0 Å². The SMILES string of the molecule is Cc1ccc(S(=O)(=O)NCCN2CCNCC2)cc1.Cl.Cl. The molecule has 0 spiro atoms. The normalized spacial score (nSPS) is 15.9. The van der Waals surface area contributed by atoms with E-state index in [0.717, 1.165) is 38.3 Å². The Morgan fingerprint density at radius 3 is 2.29 bits per heavy atom. The van der Waals surface area contributed by atoms with Gasteiger partial charge in [0.15, 0.2) is 0 Å². The van der Waals surface area contributed by atoms with Crippen molar-refractivity contribution in [3.8, 4) is 0 Å². The molecule has 0 unspecified atom stereocenters. The first kappa shape index (κ1) is 20.6. The number of piperazine rings is 1. The molecule has 1 aliphatic rings. The van der Waals surface area contributed by atoms with E-state index < -0.39 is 10.0 Å². The molecule has 1 aromatic rings. The van der Waals surface area contributed by atoms with Gasteiger partial charge in [-0.3, -0.25) is 4.90 Å². The number of benzene rings is 1. The van der Waals surface area contributed by atoms with Crippen LogP contribution in [0.3, 0.4) is 0 Å². The lowest BCUT2D eigenvalue weighted by atomic mass is 10.2. The minimum atomic E-state index is -3.37. The Kier molecular flexibility index (Phi) is 9.44. The van der Waals surface area contributed by atoms with Gasteiger partial charge in [-0.2, -0.15) is 0 Å². The Labute approximate surface area is 139 Å². The second kappa shape index (κ2) is 9.61. The molecule has 0 atom stereocenters. The molecule has 122 valence electrons. The van der Waals surface area contributed by atoms with Crippen LogP contribution in [-0.4, -0.2) is 52.6 Å². The highest BCUT2D eigenvalue weighted by Crippen LogP contribution is 2.09. The number of rotatable bonds is 5. The van der Waals surface area contributed by atoms with Crippen LogP contribution in [0.2, 0.25) is 0 Å². The van der Waals surface area contributed by atoms with Crippen LogP contribution in [0.25, 0.3) is 0 Å². The summed E-state index contributed by atoms with van der Waals surface area (Å²) in [4.78, 5) is 2.59. The van der Waals surface area contributed by atoms with Gasteiger partial charge in [-0.1, -0.05) is 17.7 Å². The maximum absolute atomic E-state index is 12.0. The van der Waals surface area contributed by atoms with Crippen LogP contribution in [0, 0.1) is 6.92 Å². The van der Waals surface area contributed by atoms with Crippen LogP contribution < -0.4 is 10.0 Å². The first-order chi connectivity index (χ1) is 9.08. The van der Waals surface area contributed by atoms with Crippen molar-refractivity contribution >= 4 is 34.8 Å². The van der Waals surface area contributed by atoms with E-state index in [4.69, 9.17) is 0 Å². The Bertz CT molecular complexity index is 503. The monoisotopic (exact) mass is 355 g/mol. The lowest BCUT2D eigenvalue weighted by Gasteiger charge is -2.27. The van der Waals surface area contributed by atoms with Gasteiger partial charge in [-0.15, -0.1) is 24.8 Å². The molecule has 0 bridgehead atoms. The van der Waals surface area contributed by atoms with Gasteiger partial charge in [0.25, 0.3) is 0 Å². The average Bonchev–Trinajstić information content (AvgIpc) is 2.40. The number of sulfonamides is 1. The Morgan fingerprint density at radius 1 is 1.14 bits per heavy atom. The van der Waals surface area contributed by atoms with Crippen molar-refractivity contribution in [1.82, 2.24) is 14.9 Å². The van der Waals surface area contributed by atoms with Crippen molar-refractivity contribution in [3.05, 3.63) is 29.8 Å². The number of halogens is 2. The summed E-state index contributed by atoms with van der Waals surface area (Å²) in [7, 11) is -3.37. The molecule has 0 aromatic heterocycles. The molecule has 1 aromatic carbocycles. The third-order valence-electron chi connectivity index (χ3n) is 3.26. The lowest BCUT2D eigenvalue weighted by molar-refractivity contribution is 0.245. The topological polar surface area (TPSA) is 61.4 Å². The molecular formula is C13H23Cl2N3O2S. The summed E-state index contributed by atoms with van der Waals surface area (Å²) in [5.41, 5.74) is 1.06. The zero-order valence-corrected chi connectivity index (χ0v) is 14.5. The maximum atomic E-state index is 12.0. The Balaban J connectivity index is 0.00000200. The van der Waals surface area contributed by atoms with E-state index in [9.17, 15) is 8.42 Å². The predicted molar refractivity (Wildman–Crippen MR) is 90.2 cm³/mol. The third kappa shape index (κ3) is 6.50. The van der Waals surface area contributed by atoms with Gasteiger partial charge in [-0.05, 0) is 19.1 Å². The average molecular weight is 356 g/mol. The molecule has 0 aliphatic carbocycles. The number of aryl methyl sites for hydroxylation is 1. The second-order valence-electron chi connectivity index (χ2n) is 4.80. The fourth-order valence-electron chi connectivity index (χ4n) is 2.07. The van der Waals surface area contributed by atoms with Crippen molar-refractivity contribution in [1.29, 1.82) is 0 Å². The molecule has 0 amide bonds. The molecule has 8 heteroatoms. The largest absolute Gasteiger partial charge is 0.314 e. The first-order valence-electron chi connectivity index (χ1n) is 6.57. The number of hydrogen-bond donors (Lipinski definition) is 2. The molecule has 1 fully saturated rings. The molecule has 5 nitrogen and oxygen atoms in total. The van der Waals surface area contributed by atoms with Gasteiger partial charge in [0.2, 0.25) is 10.0 Å². The van der Waals surface area contributed by atoms with Crippen LogP contribution in [0.4, 0.5) is 0 Å². The van der Waals surface area contributed by atoms with E-state index >= 15 is 0 Å². The first-order valence-corrected chi connectivity index (χ1v) is 8.06. The molecule has 21 heavy (non-hydrogen) atoms. The zero-order chi connectivity index (χ0) is 13.7.